The Bertz CT molecular complexity index is 2160. The Hall–Kier alpha value is -5.10. The van der Waals surface area contributed by atoms with E-state index in [0.717, 1.165) is 55.4 Å². The molecule has 0 N–H and O–H groups in total. The van der Waals surface area contributed by atoms with Gasteiger partial charge in [-0.05, 0) is 102 Å². The van der Waals surface area contributed by atoms with Crippen molar-refractivity contribution in [3.63, 3.8) is 0 Å². The van der Waals surface area contributed by atoms with Gasteiger partial charge in [-0.2, -0.15) is 0 Å². The van der Waals surface area contributed by atoms with Crippen LogP contribution in [0.15, 0.2) is 109 Å². The van der Waals surface area contributed by atoms with E-state index < -0.39 is 6.17 Å². The summed E-state index contributed by atoms with van der Waals surface area (Å²) in [7, 11) is 0. The SMILES string of the molecule is Fc1ccc2c3c(n(-c4ccc(Cc5ccc(-n6c7cc(F)ccc7c7ccc(F)cc76)cc5)cc4)c2c1)CC(F)C=C3. The van der Waals surface area contributed by atoms with Crippen molar-refractivity contribution < 1.29 is 17.6 Å². The van der Waals surface area contributed by atoms with Crippen LogP contribution in [0.2, 0.25) is 0 Å². The molecule has 0 aliphatic heterocycles. The van der Waals surface area contributed by atoms with E-state index in [1.54, 1.807) is 30.4 Å². The molecule has 7 aromatic rings. The van der Waals surface area contributed by atoms with Crippen molar-refractivity contribution in [3.05, 3.63) is 149 Å². The van der Waals surface area contributed by atoms with Crippen molar-refractivity contribution in [2.75, 3.05) is 0 Å². The lowest BCUT2D eigenvalue weighted by Gasteiger charge is -2.16. The summed E-state index contributed by atoms with van der Waals surface area (Å²) in [6, 6.07) is 30.0. The van der Waals surface area contributed by atoms with Crippen molar-refractivity contribution >= 4 is 38.8 Å². The molecule has 0 spiro atoms. The molecule has 5 aromatic carbocycles. The molecule has 2 heterocycles. The van der Waals surface area contributed by atoms with E-state index in [4.69, 9.17) is 0 Å². The molecule has 2 nitrogen and oxygen atoms in total. The third kappa shape index (κ3) is 4.24. The highest BCUT2D eigenvalue weighted by Gasteiger charge is 2.23. The first-order chi connectivity index (χ1) is 20.9. The van der Waals surface area contributed by atoms with Gasteiger partial charge in [0.05, 0.1) is 16.6 Å². The van der Waals surface area contributed by atoms with E-state index in [0.29, 0.717) is 17.5 Å². The first-order valence-electron chi connectivity index (χ1n) is 14.2. The third-order valence-corrected chi connectivity index (χ3v) is 8.42. The zero-order valence-electron chi connectivity index (χ0n) is 22.9. The third-order valence-electron chi connectivity index (χ3n) is 8.42. The first kappa shape index (κ1) is 25.6. The Balaban J connectivity index is 1.12. The van der Waals surface area contributed by atoms with Crippen LogP contribution in [-0.2, 0) is 12.8 Å². The number of fused-ring (bicyclic) bond motifs is 6. The highest BCUT2D eigenvalue weighted by atomic mass is 19.1. The Kier molecular flexibility index (Phi) is 5.79. The number of alkyl halides is 1. The van der Waals surface area contributed by atoms with Gasteiger partial charge in [0.25, 0.3) is 0 Å². The number of hydrogen-bond donors (Lipinski definition) is 0. The number of halogens is 4. The van der Waals surface area contributed by atoms with Crippen molar-refractivity contribution in [1.29, 1.82) is 0 Å². The normalized spacial score (nSPS) is 14.7. The molecule has 43 heavy (non-hydrogen) atoms. The van der Waals surface area contributed by atoms with Crippen LogP contribution in [0, 0.1) is 17.5 Å². The fraction of sp³-hybridized carbons (Fsp3) is 0.0811. The van der Waals surface area contributed by atoms with Crippen molar-refractivity contribution in [2.24, 2.45) is 0 Å². The van der Waals surface area contributed by atoms with Crippen molar-refractivity contribution in [3.8, 4) is 11.4 Å². The molecule has 0 radical (unpaired) electrons. The van der Waals surface area contributed by atoms with Gasteiger partial charge in [0, 0.05) is 45.2 Å². The predicted molar refractivity (Wildman–Crippen MR) is 164 cm³/mol. The Labute approximate surface area is 244 Å². The van der Waals surface area contributed by atoms with Gasteiger partial charge in [-0.25, -0.2) is 17.6 Å². The number of benzene rings is 5. The maximum absolute atomic E-state index is 14.4. The zero-order valence-corrected chi connectivity index (χ0v) is 22.9. The average Bonchev–Trinajstić information content (AvgIpc) is 3.48. The molecule has 1 aliphatic rings. The monoisotopic (exact) mass is 572 g/mol. The molecule has 1 aliphatic carbocycles. The van der Waals surface area contributed by atoms with Crippen LogP contribution < -0.4 is 0 Å². The molecule has 0 saturated heterocycles. The molecular weight excluding hydrogens is 548 g/mol. The molecule has 8 rings (SSSR count). The summed E-state index contributed by atoms with van der Waals surface area (Å²) in [4.78, 5) is 0. The van der Waals surface area contributed by atoms with E-state index in [2.05, 4.69) is 0 Å². The van der Waals surface area contributed by atoms with Crippen LogP contribution in [0.25, 0.3) is 50.2 Å². The van der Waals surface area contributed by atoms with Crippen molar-refractivity contribution in [1.82, 2.24) is 9.13 Å². The molecular formula is C37H24F4N2. The molecule has 1 atom stereocenters. The minimum Gasteiger partial charge on any atom is -0.313 e. The molecule has 210 valence electrons. The number of nitrogens with zero attached hydrogens (tertiary/aromatic N) is 2. The topological polar surface area (TPSA) is 9.86 Å². The second-order valence-electron chi connectivity index (χ2n) is 11.1. The Morgan fingerprint density at radius 3 is 1.56 bits per heavy atom. The van der Waals surface area contributed by atoms with Gasteiger partial charge >= 0.3 is 0 Å². The highest BCUT2D eigenvalue weighted by molar-refractivity contribution is 6.09. The standard InChI is InChI=1S/C37H24F4N2/c38-24-5-13-30-31-14-6-25(39)19-35(31)42(34(30)18-24)28-9-1-22(2-10-28)17-23-3-11-29(12-4-23)43-36-20-26(40)7-15-32(36)33-16-8-27(41)21-37(33)43/h1-16,18-20,27H,17,21H2. The number of hydrogen-bond acceptors (Lipinski definition) is 0. The number of allylic oxidation sites excluding steroid dienone is 1. The van der Waals surface area contributed by atoms with Crippen LogP contribution in [0.1, 0.15) is 22.4 Å². The lowest BCUT2D eigenvalue weighted by atomic mass is 10.0. The second kappa shape index (κ2) is 9.73. The van der Waals surface area contributed by atoms with Crippen LogP contribution in [0.5, 0.6) is 0 Å². The largest absolute Gasteiger partial charge is 0.313 e. The smallest absolute Gasteiger partial charge is 0.125 e. The van der Waals surface area contributed by atoms with Crippen LogP contribution in [0.4, 0.5) is 17.6 Å². The van der Waals surface area contributed by atoms with Gasteiger partial charge in [0.15, 0.2) is 0 Å². The Morgan fingerprint density at radius 2 is 1.02 bits per heavy atom. The number of rotatable bonds is 4. The lowest BCUT2D eigenvalue weighted by Crippen LogP contribution is -2.11. The van der Waals surface area contributed by atoms with Gasteiger partial charge in [-0.15, -0.1) is 0 Å². The van der Waals surface area contributed by atoms with Gasteiger partial charge < -0.3 is 9.13 Å². The molecule has 0 saturated carbocycles. The van der Waals surface area contributed by atoms with Crippen LogP contribution >= 0.6 is 0 Å². The zero-order chi connectivity index (χ0) is 29.2. The second-order valence-corrected chi connectivity index (χ2v) is 11.1. The summed E-state index contributed by atoms with van der Waals surface area (Å²) in [5.74, 6) is -1.03. The van der Waals surface area contributed by atoms with Crippen molar-refractivity contribution in [2.45, 2.75) is 19.0 Å². The Morgan fingerprint density at radius 1 is 0.558 bits per heavy atom. The average molecular weight is 573 g/mol. The fourth-order valence-electron chi connectivity index (χ4n) is 6.48. The van der Waals surface area contributed by atoms with Gasteiger partial charge in [0.1, 0.15) is 23.6 Å². The van der Waals surface area contributed by atoms with E-state index in [1.165, 1.54) is 36.4 Å². The summed E-state index contributed by atoms with van der Waals surface area (Å²) >= 11 is 0. The van der Waals surface area contributed by atoms with E-state index >= 15 is 0 Å². The summed E-state index contributed by atoms with van der Waals surface area (Å²) in [6.45, 7) is 0. The first-order valence-corrected chi connectivity index (χ1v) is 14.2. The summed E-state index contributed by atoms with van der Waals surface area (Å²) in [6.07, 6.45) is 3.18. The molecule has 6 heteroatoms. The lowest BCUT2D eigenvalue weighted by molar-refractivity contribution is 0.393. The van der Waals surface area contributed by atoms with Crippen LogP contribution in [0.3, 0.4) is 0 Å². The summed E-state index contributed by atoms with van der Waals surface area (Å²) in [5.41, 5.74) is 7.66. The molecule has 1 unspecified atom stereocenters. The summed E-state index contributed by atoms with van der Waals surface area (Å²) < 4.78 is 60.9. The maximum Gasteiger partial charge on any atom is 0.125 e. The maximum atomic E-state index is 14.4. The van der Waals surface area contributed by atoms with E-state index in [-0.39, 0.29) is 23.9 Å². The molecule has 0 amide bonds. The van der Waals surface area contributed by atoms with E-state index in [1.807, 2.05) is 57.7 Å². The molecule has 0 fully saturated rings. The van der Waals surface area contributed by atoms with Crippen LogP contribution in [-0.4, -0.2) is 15.3 Å². The number of aromatic nitrogens is 2. The minimum atomic E-state index is -1.08. The van der Waals surface area contributed by atoms with Gasteiger partial charge in [-0.1, -0.05) is 30.3 Å². The minimum absolute atomic E-state index is 0.238. The fourth-order valence-corrected chi connectivity index (χ4v) is 6.48. The van der Waals surface area contributed by atoms with Gasteiger partial charge in [-0.3, -0.25) is 0 Å². The molecule has 2 aromatic heterocycles. The van der Waals surface area contributed by atoms with E-state index in [9.17, 15) is 17.6 Å². The quantitative estimate of drug-likeness (QED) is 0.186. The predicted octanol–water partition coefficient (Wildman–Crippen LogP) is 9.64. The summed E-state index contributed by atoms with van der Waals surface area (Å²) in [5, 5.41) is 2.62. The highest BCUT2D eigenvalue weighted by Crippen LogP contribution is 2.36. The molecule has 0 bridgehead atoms. The van der Waals surface area contributed by atoms with Gasteiger partial charge in [0.2, 0.25) is 0 Å².